The molecule has 0 N–H and O–H groups in total. The molecular weight excluding hydrogens is 164 g/mol. The molecule has 1 saturated carbocycles. The minimum absolute atomic E-state index is 0.524. The Labute approximate surface area is 80.7 Å². The van der Waals surface area contributed by atoms with Gasteiger partial charge in [0.15, 0.2) is 6.29 Å². The number of hydrogen-bond acceptors (Lipinski definition) is 2. The van der Waals surface area contributed by atoms with E-state index in [1.165, 1.54) is 25.7 Å². The quantitative estimate of drug-likeness (QED) is 0.614. The highest BCUT2D eigenvalue weighted by Crippen LogP contribution is 2.32. The number of rotatable bonds is 5. The second-order valence-electron chi connectivity index (χ2n) is 4.22. The summed E-state index contributed by atoms with van der Waals surface area (Å²) in [7, 11) is 0. The summed E-state index contributed by atoms with van der Waals surface area (Å²) in [5.41, 5.74) is -0.524. The smallest absolute Gasteiger partial charge is 0.151 e. The van der Waals surface area contributed by atoms with Crippen molar-refractivity contribution in [3.8, 4) is 0 Å². The molecule has 1 aliphatic rings. The first-order valence-corrected chi connectivity index (χ1v) is 5.30. The molecule has 0 radical (unpaired) electrons. The van der Waals surface area contributed by atoms with Crippen molar-refractivity contribution < 1.29 is 9.53 Å². The Kier molecular flexibility index (Phi) is 3.91. The Morgan fingerprint density at radius 2 is 2.08 bits per heavy atom. The summed E-state index contributed by atoms with van der Waals surface area (Å²) in [5, 5.41) is 0. The molecule has 1 aliphatic carbocycles. The van der Waals surface area contributed by atoms with Crippen molar-refractivity contribution in [3.63, 3.8) is 0 Å². The van der Waals surface area contributed by atoms with Crippen LogP contribution in [0.5, 0.6) is 0 Å². The maximum Gasteiger partial charge on any atom is 0.151 e. The summed E-state index contributed by atoms with van der Waals surface area (Å²) >= 11 is 0. The van der Waals surface area contributed by atoms with Crippen molar-refractivity contribution >= 4 is 6.29 Å². The summed E-state index contributed by atoms with van der Waals surface area (Å²) < 4.78 is 5.47. The van der Waals surface area contributed by atoms with Gasteiger partial charge in [-0.15, -0.1) is 0 Å². The molecule has 0 spiro atoms. The molecule has 1 unspecified atom stereocenters. The monoisotopic (exact) mass is 184 g/mol. The van der Waals surface area contributed by atoms with Gasteiger partial charge in [0.2, 0.25) is 0 Å². The van der Waals surface area contributed by atoms with Gasteiger partial charge in [-0.1, -0.05) is 25.7 Å². The molecule has 2 nitrogen and oxygen atoms in total. The number of carbonyl (C=O) groups is 1. The Hall–Kier alpha value is -0.370. The van der Waals surface area contributed by atoms with Gasteiger partial charge < -0.3 is 9.53 Å². The van der Waals surface area contributed by atoms with E-state index in [0.717, 1.165) is 12.7 Å². The highest BCUT2D eigenvalue weighted by atomic mass is 16.5. The molecule has 2 heteroatoms. The van der Waals surface area contributed by atoms with Crippen molar-refractivity contribution in [2.75, 3.05) is 6.61 Å². The molecule has 0 aromatic carbocycles. The van der Waals surface area contributed by atoms with E-state index < -0.39 is 5.60 Å². The number of aldehydes is 1. The van der Waals surface area contributed by atoms with Gasteiger partial charge in [-0.25, -0.2) is 0 Å². The molecule has 1 rings (SSSR count). The molecule has 0 aliphatic heterocycles. The van der Waals surface area contributed by atoms with Gasteiger partial charge in [-0.05, 0) is 26.2 Å². The lowest BCUT2D eigenvalue weighted by atomic mass is 9.92. The highest BCUT2D eigenvalue weighted by molar-refractivity contribution is 5.61. The molecule has 0 heterocycles. The van der Waals surface area contributed by atoms with Crippen molar-refractivity contribution in [1.82, 2.24) is 0 Å². The van der Waals surface area contributed by atoms with Crippen LogP contribution >= 0.6 is 0 Å². The van der Waals surface area contributed by atoms with E-state index in [1.54, 1.807) is 0 Å². The molecule has 0 saturated heterocycles. The van der Waals surface area contributed by atoms with Crippen LogP contribution in [0, 0.1) is 5.92 Å². The Morgan fingerprint density at radius 3 is 2.54 bits per heavy atom. The van der Waals surface area contributed by atoms with E-state index in [4.69, 9.17) is 4.74 Å². The van der Waals surface area contributed by atoms with E-state index in [9.17, 15) is 4.79 Å². The number of ether oxygens (including phenoxy) is 1. The topological polar surface area (TPSA) is 26.3 Å². The normalized spacial score (nSPS) is 22.9. The fourth-order valence-electron chi connectivity index (χ4n) is 2.26. The zero-order chi connectivity index (χ0) is 9.73. The Morgan fingerprint density at radius 1 is 1.46 bits per heavy atom. The molecule has 0 bridgehead atoms. The Bertz CT molecular complexity index is 161. The van der Waals surface area contributed by atoms with Crippen LogP contribution in [0.1, 0.15) is 46.0 Å². The van der Waals surface area contributed by atoms with Crippen LogP contribution in [0.15, 0.2) is 0 Å². The van der Waals surface area contributed by atoms with E-state index in [0.29, 0.717) is 12.5 Å². The SMILES string of the molecule is CCOC(C)(C=O)CC1CCCC1. The zero-order valence-corrected chi connectivity index (χ0v) is 8.71. The van der Waals surface area contributed by atoms with Gasteiger partial charge >= 0.3 is 0 Å². The first-order valence-electron chi connectivity index (χ1n) is 5.30. The van der Waals surface area contributed by atoms with Crippen LogP contribution < -0.4 is 0 Å². The largest absolute Gasteiger partial charge is 0.368 e. The Balaban J connectivity index is 2.41. The zero-order valence-electron chi connectivity index (χ0n) is 8.71. The average Bonchev–Trinajstić information content (AvgIpc) is 2.57. The third-order valence-corrected chi connectivity index (χ3v) is 2.89. The summed E-state index contributed by atoms with van der Waals surface area (Å²) in [5.74, 6) is 0.710. The van der Waals surface area contributed by atoms with Gasteiger partial charge in [0.05, 0.1) is 0 Å². The first kappa shape index (κ1) is 10.7. The van der Waals surface area contributed by atoms with E-state index >= 15 is 0 Å². The first-order chi connectivity index (χ1) is 6.20. The van der Waals surface area contributed by atoms with Crippen LogP contribution in [0.2, 0.25) is 0 Å². The number of carbonyl (C=O) groups excluding carboxylic acids is 1. The lowest BCUT2D eigenvalue weighted by Gasteiger charge is -2.26. The van der Waals surface area contributed by atoms with E-state index in [1.807, 2.05) is 13.8 Å². The maximum absolute atomic E-state index is 10.9. The second-order valence-corrected chi connectivity index (χ2v) is 4.22. The minimum atomic E-state index is -0.524. The standard InChI is InChI=1S/C11H20O2/c1-3-13-11(2,9-12)8-10-6-4-5-7-10/h9-10H,3-8H2,1-2H3. The maximum atomic E-state index is 10.9. The third kappa shape index (κ3) is 3.11. The molecule has 1 atom stereocenters. The number of hydrogen-bond donors (Lipinski definition) is 0. The minimum Gasteiger partial charge on any atom is -0.368 e. The van der Waals surface area contributed by atoms with Crippen LogP contribution in [-0.4, -0.2) is 18.5 Å². The lowest BCUT2D eigenvalue weighted by molar-refractivity contribution is -0.130. The summed E-state index contributed by atoms with van der Waals surface area (Å²) in [4.78, 5) is 10.9. The van der Waals surface area contributed by atoms with Crippen LogP contribution in [-0.2, 0) is 9.53 Å². The highest BCUT2D eigenvalue weighted by Gasteiger charge is 2.29. The van der Waals surface area contributed by atoms with Crippen LogP contribution in [0.3, 0.4) is 0 Å². The van der Waals surface area contributed by atoms with Crippen molar-refractivity contribution in [1.29, 1.82) is 0 Å². The van der Waals surface area contributed by atoms with Gasteiger partial charge in [0, 0.05) is 6.61 Å². The molecule has 0 aromatic rings. The third-order valence-electron chi connectivity index (χ3n) is 2.89. The lowest BCUT2D eigenvalue weighted by Crippen LogP contribution is -2.32. The van der Waals surface area contributed by atoms with Crippen LogP contribution in [0.4, 0.5) is 0 Å². The van der Waals surface area contributed by atoms with Gasteiger partial charge in [0.1, 0.15) is 5.60 Å². The summed E-state index contributed by atoms with van der Waals surface area (Å²) in [6.45, 7) is 4.47. The van der Waals surface area contributed by atoms with Gasteiger partial charge in [0.25, 0.3) is 0 Å². The molecule has 0 aromatic heterocycles. The predicted octanol–water partition coefficient (Wildman–Crippen LogP) is 2.56. The van der Waals surface area contributed by atoms with Crippen LogP contribution in [0.25, 0.3) is 0 Å². The second kappa shape index (κ2) is 4.75. The molecule has 0 amide bonds. The van der Waals surface area contributed by atoms with Gasteiger partial charge in [-0.3, -0.25) is 0 Å². The van der Waals surface area contributed by atoms with Crippen molar-refractivity contribution in [3.05, 3.63) is 0 Å². The molecular formula is C11H20O2. The summed E-state index contributed by atoms with van der Waals surface area (Å²) in [6.07, 6.45) is 7.07. The molecule has 1 fully saturated rings. The molecule has 13 heavy (non-hydrogen) atoms. The van der Waals surface area contributed by atoms with Crippen molar-refractivity contribution in [2.45, 2.75) is 51.6 Å². The average molecular weight is 184 g/mol. The fraction of sp³-hybridized carbons (Fsp3) is 0.909. The van der Waals surface area contributed by atoms with Crippen molar-refractivity contribution in [2.24, 2.45) is 5.92 Å². The predicted molar refractivity (Wildman–Crippen MR) is 52.7 cm³/mol. The van der Waals surface area contributed by atoms with Gasteiger partial charge in [-0.2, -0.15) is 0 Å². The van der Waals surface area contributed by atoms with E-state index in [-0.39, 0.29) is 0 Å². The van der Waals surface area contributed by atoms with E-state index in [2.05, 4.69) is 0 Å². The summed E-state index contributed by atoms with van der Waals surface area (Å²) in [6, 6.07) is 0. The fourth-order valence-corrected chi connectivity index (χ4v) is 2.26. The molecule has 76 valence electrons.